The average Bonchev–Trinajstić information content (AvgIpc) is 2.74. The third-order valence-corrected chi connectivity index (χ3v) is 5.67. The van der Waals surface area contributed by atoms with Crippen LogP contribution in [0, 0.1) is 11.7 Å². The molecule has 0 aliphatic carbocycles. The second kappa shape index (κ2) is 10.0. The maximum Gasteiger partial charge on any atom is 0.410 e. The van der Waals surface area contributed by atoms with Gasteiger partial charge in [0.25, 0.3) is 0 Å². The fourth-order valence-corrected chi connectivity index (χ4v) is 3.95. The Balaban J connectivity index is 1.87. The average molecular weight is 492 g/mol. The minimum Gasteiger partial charge on any atom is -0.494 e. The van der Waals surface area contributed by atoms with Gasteiger partial charge in [0.2, 0.25) is 0 Å². The molecule has 1 N–H and O–H groups in total. The summed E-state index contributed by atoms with van der Waals surface area (Å²) >= 11 is 5.94. The molecule has 1 aliphatic rings. The largest absolute Gasteiger partial charge is 0.494 e. The maximum atomic E-state index is 13.7. The number of amides is 1. The van der Waals surface area contributed by atoms with Gasteiger partial charge in [0.1, 0.15) is 28.5 Å². The van der Waals surface area contributed by atoms with Crippen LogP contribution >= 0.6 is 11.6 Å². The first kappa shape index (κ1) is 25.6. The molecule has 1 fully saturated rings. The molecule has 2 aromatic rings. The zero-order chi connectivity index (χ0) is 25.1. The molecule has 0 bridgehead atoms. The van der Waals surface area contributed by atoms with E-state index in [1.165, 1.54) is 25.3 Å². The van der Waals surface area contributed by atoms with Crippen molar-refractivity contribution in [3.05, 3.63) is 57.3 Å². The summed E-state index contributed by atoms with van der Waals surface area (Å²) in [7, 11) is 1.47. The number of methoxy groups -OCH3 is 1. The van der Waals surface area contributed by atoms with E-state index >= 15 is 0 Å². The molecule has 1 atom stereocenters. The van der Waals surface area contributed by atoms with E-state index in [0.717, 1.165) is 0 Å². The van der Waals surface area contributed by atoms with Crippen LogP contribution in [0.5, 0.6) is 5.75 Å². The van der Waals surface area contributed by atoms with Gasteiger partial charge in [-0.3, -0.25) is 0 Å². The van der Waals surface area contributed by atoms with E-state index in [2.05, 4.69) is 15.0 Å². The van der Waals surface area contributed by atoms with E-state index in [0.29, 0.717) is 30.1 Å². The number of hydrogen-bond donors (Lipinski definition) is 1. The molecule has 1 aromatic heterocycles. The Hall–Kier alpha value is -3.07. The number of likely N-dealkylation sites (tertiary alicyclic amines) is 1. The zero-order valence-corrected chi connectivity index (χ0v) is 20.2. The smallest absolute Gasteiger partial charge is 0.410 e. The van der Waals surface area contributed by atoms with Crippen LogP contribution in [0.4, 0.5) is 9.18 Å². The molecule has 1 saturated heterocycles. The standard InChI is InChI=1S/C23H27ClFN5O4/c1-22(2,3)34-21(31)30-11-14(12-30)10-23(32,13-27-29-26)19-8-7-18(33-4)20(28-19)15-5-6-17(25)16(24)9-15/h5-9,14,32H,10-13H2,1-4H3. The van der Waals surface area contributed by atoms with Gasteiger partial charge in [0.15, 0.2) is 0 Å². The molecule has 34 heavy (non-hydrogen) atoms. The Morgan fingerprint density at radius 3 is 2.65 bits per heavy atom. The van der Waals surface area contributed by atoms with Crippen molar-refractivity contribution in [1.29, 1.82) is 0 Å². The quantitative estimate of drug-likeness (QED) is 0.320. The number of aromatic nitrogens is 1. The molecule has 0 radical (unpaired) electrons. The fourth-order valence-electron chi connectivity index (χ4n) is 3.77. The first-order valence-electron chi connectivity index (χ1n) is 10.7. The molecule has 1 amide bonds. The second-order valence-electron chi connectivity index (χ2n) is 9.25. The van der Waals surface area contributed by atoms with Crippen molar-refractivity contribution in [3.63, 3.8) is 0 Å². The van der Waals surface area contributed by atoms with Gasteiger partial charge in [-0.25, -0.2) is 14.2 Å². The highest BCUT2D eigenvalue weighted by Gasteiger charge is 2.41. The molecule has 1 aromatic carbocycles. The van der Waals surface area contributed by atoms with Gasteiger partial charge in [-0.1, -0.05) is 16.7 Å². The van der Waals surface area contributed by atoms with Crippen molar-refractivity contribution in [2.24, 2.45) is 11.0 Å². The number of rotatable bonds is 7. The van der Waals surface area contributed by atoms with Crippen molar-refractivity contribution >= 4 is 17.7 Å². The highest BCUT2D eigenvalue weighted by Crippen LogP contribution is 2.37. The van der Waals surface area contributed by atoms with Crippen LogP contribution in [-0.2, 0) is 10.3 Å². The summed E-state index contributed by atoms with van der Waals surface area (Å²) in [6.45, 7) is 5.91. The first-order chi connectivity index (χ1) is 16.0. The molecule has 9 nitrogen and oxygen atoms in total. The van der Waals surface area contributed by atoms with Gasteiger partial charge < -0.3 is 19.5 Å². The van der Waals surface area contributed by atoms with E-state index in [1.807, 2.05) is 0 Å². The number of halogens is 2. The predicted octanol–water partition coefficient (Wildman–Crippen LogP) is 5.30. The van der Waals surface area contributed by atoms with Crippen LogP contribution in [0.15, 0.2) is 35.4 Å². The minimum atomic E-state index is -1.60. The SMILES string of the molecule is COc1ccc(C(O)(CN=[N+]=[N-])CC2CN(C(=O)OC(C)(C)C)C2)nc1-c1ccc(F)c(Cl)c1. The summed E-state index contributed by atoms with van der Waals surface area (Å²) in [5.74, 6) is -0.226. The molecule has 2 heterocycles. The van der Waals surface area contributed by atoms with Crippen LogP contribution in [0.25, 0.3) is 21.7 Å². The number of nitrogens with zero attached hydrogens (tertiary/aromatic N) is 5. The maximum absolute atomic E-state index is 13.7. The lowest BCUT2D eigenvalue weighted by Gasteiger charge is -2.42. The van der Waals surface area contributed by atoms with Crippen molar-refractivity contribution in [3.8, 4) is 17.0 Å². The number of carbonyl (C=O) groups excluding carboxylic acids is 1. The molecule has 1 aliphatic heterocycles. The van der Waals surface area contributed by atoms with Crippen molar-refractivity contribution in [2.45, 2.75) is 38.4 Å². The van der Waals surface area contributed by atoms with Crippen LogP contribution in [0.2, 0.25) is 5.02 Å². The molecular weight excluding hydrogens is 465 g/mol. The number of hydrogen-bond acceptors (Lipinski definition) is 6. The molecule has 182 valence electrons. The normalized spacial score (nSPS) is 15.7. The summed E-state index contributed by atoms with van der Waals surface area (Å²) in [4.78, 5) is 21.1. The van der Waals surface area contributed by atoms with Gasteiger partial charge in [-0.05, 0) is 69.0 Å². The van der Waals surface area contributed by atoms with Crippen molar-refractivity contribution in [1.82, 2.24) is 9.88 Å². The van der Waals surface area contributed by atoms with E-state index in [9.17, 15) is 14.3 Å². The molecular formula is C23H27ClFN5O4. The van der Waals surface area contributed by atoms with Gasteiger partial charge >= 0.3 is 6.09 Å². The number of aliphatic hydroxyl groups is 1. The Kier molecular flexibility index (Phi) is 7.55. The van der Waals surface area contributed by atoms with Gasteiger partial charge in [-0.15, -0.1) is 0 Å². The van der Waals surface area contributed by atoms with Gasteiger partial charge in [-0.2, -0.15) is 0 Å². The van der Waals surface area contributed by atoms with E-state index < -0.39 is 23.1 Å². The third kappa shape index (κ3) is 5.88. The van der Waals surface area contributed by atoms with E-state index in [-0.39, 0.29) is 29.6 Å². The van der Waals surface area contributed by atoms with Crippen molar-refractivity contribution < 1.29 is 23.8 Å². The summed E-state index contributed by atoms with van der Waals surface area (Å²) in [6.07, 6.45) is -0.214. The molecule has 0 saturated carbocycles. The van der Waals surface area contributed by atoms with E-state index in [1.54, 1.807) is 37.8 Å². The van der Waals surface area contributed by atoms with Crippen LogP contribution < -0.4 is 4.74 Å². The lowest BCUT2D eigenvalue weighted by Crippen LogP contribution is -2.53. The summed E-state index contributed by atoms with van der Waals surface area (Å²) in [6, 6.07) is 7.36. The highest BCUT2D eigenvalue weighted by molar-refractivity contribution is 6.31. The molecule has 1 unspecified atom stereocenters. The number of carbonyl (C=O) groups is 1. The monoisotopic (exact) mass is 491 g/mol. The Bertz CT molecular complexity index is 1110. The summed E-state index contributed by atoms with van der Waals surface area (Å²) < 4.78 is 24.4. The third-order valence-electron chi connectivity index (χ3n) is 5.38. The Morgan fingerprint density at radius 2 is 2.06 bits per heavy atom. The van der Waals surface area contributed by atoms with Gasteiger partial charge in [0.05, 0.1) is 24.4 Å². The lowest BCUT2D eigenvalue weighted by atomic mass is 9.83. The topological polar surface area (TPSA) is 121 Å². The van der Waals surface area contributed by atoms with Crippen LogP contribution in [-0.4, -0.2) is 53.4 Å². The molecule has 0 spiro atoms. The summed E-state index contributed by atoms with van der Waals surface area (Å²) in [5, 5.41) is 15.0. The zero-order valence-electron chi connectivity index (χ0n) is 19.5. The molecule has 3 rings (SSSR count). The first-order valence-corrected chi connectivity index (χ1v) is 11.1. The van der Waals surface area contributed by atoms with Crippen LogP contribution in [0.1, 0.15) is 32.9 Å². The molecule has 11 heteroatoms. The Morgan fingerprint density at radius 1 is 1.35 bits per heavy atom. The highest BCUT2D eigenvalue weighted by atomic mass is 35.5. The van der Waals surface area contributed by atoms with Crippen molar-refractivity contribution in [2.75, 3.05) is 26.7 Å². The van der Waals surface area contributed by atoms with Crippen LogP contribution in [0.3, 0.4) is 0 Å². The number of benzene rings is 1. The number of azide groups is 1. The van der Waals surface area contributed by atoms with E-state index in [4.69, 9.17) is 26.6 Å². The fraction of sp³-hybridized carbons (Fsp3) is 0.478. The lowest BCUT2D eigenvalue weighted by molar-refractivity contribution is -0.0353. The number of ether oxygens (including phenoxy) is 2. The predicted molar refractivity (Wildman–Crippen MR) is 125 cm³/mol. The summed E-state index contributed by atoms with van der Waals surface area (Å²) in [5.41, 5.74) is 7.77. The Labute approximate surface area is 202 Å². The second-order valence-corrected chi connectivity index (χ2v) is 9.66. The minimum absolute atomic E-state index is 0.0565. The number of pyridine rings is 1. The van der Waals surface area contributed by atoms with Gasteiger partial charge in [0, 0.05) is 23.6 Å².